The highest BCUT2D eigenvalue weighted by Crippen LogP contribution is 2.07. The second-order valence-corrected chi connectivity index (χ2v) is 3.15. The predicted octanol–water partition coefficient (Wildman–Crippen LogP) is 0.412. The Kier molecular flexibility index (Phi) is 2.91. The van der Waals surface area contributed by atoms with Crippen molar-refractivity contribution in [3.8, 4) is 0 Å². The third-order valence-electron chi connectivity index (χ3n) is 1.73. The molecule has 0 saturated carbocycles. The van der Waals surface area contributed by atoms with Crippen LogP contribution in [0.4, 0.5) is 0 Å². The van der Waals surface area contributed by atoms with Gasteiger partial charge in [-0.3, -0.25) is 20.4 Å². The van der Waals surface area contributed by atoms with Gasteiger partial charge in [0.15, 0.2) is 0 Å². The van der Waals surface area contributed by atoms with E-state index in [2.05, 4.69) is 15.8 Å². The molecule has 0 fully saturated rings. The normalized spacial score (nSPS) is 9.64. The van der Waals surface area contributed by atoms with Gasteiger partial charge in [-0.25, -0.2) is 0 Å². The Morgan fingerprint density at radius 2 is 1.93 bits per heavy atom. The fourth-order valence-electron chi connectivity index (χ4n) is 1.17. The van der Waals surface area contributed by atoms with Crippen LogP contribution in [0.1, 0.15) is 28.7 Å². The third kappa shape index (κ3) is 2.35. The smallest absolute Gasteiger partial charge is 0.286 e. The second kappa shape index (κ2) is 3.95. The van der Waals surface area contributed by atoms with E-state index in [4.69, 9.17) is 0 Å². The molecular weight excluding hydrogens is 182 g/mol. The number of aromatic amines is 1. The molecule has 3 N–H and O–H groups in total. The Bertz CT molecular complexity index is 368. The van der Waals surface area contributed by atoms with Gasteiger partial charge in [-0.1, -0.05) is 0 Å². The maximum Gasteiger partial charge on any atom is 0.286 e. The Morgan fingerprint density at radius 3 is 2.36 bits per heavy atom. The third-order valence-corrected chi connectivity index (χ3v) is 1.73. The lowest BCUT2D eigenvalue weighted by Gasteiger charge is -2.03. The van der Waals surface area contributed by atoms with Gasteiger partial charge in [0.05, 0.1) is 0 Å². The molecule has 0 aromatic carbocycles. The topological polar surface area (TPSA) is 74.0 Å². The van der Waals surface area contributed by atoms with Crippen LogP contribution >= 0.6 is 0 Å². The highest BCUT2D eigenvalue weighted by molar-refractivity contribution is 5.94. The van der Waals surface area contributed by atoms with Crippen molar-refractivity contribution < 1.29 is 9.59 Å². The Balaban J connectivity index is 2.69. The minimum atomic E-state index is -0.342. The highest BCUT2D eigenvalue weighted by Gasteiger charge is 2.10. The summed E-state index contributed by atoms with van der Waals surface area (Å²) in [6.07, 6.45) is 0. The molecule has 1 rings (SSSR count). The fraction of sp³-hybridized carbons (Fsp3) is 0.333. The van der Waals surface area contributed by atoms with Crippen molar-refractivity contribution >= 4 is 11.8 Å². The van der Waals surface area contributed by atoms with Crippen LogP contribution in [0.25, 0.3) is 0 Å². The van der Waals surface area contributed by atoms with Gasteiger partial charge in [-0.05, 0) is 25.5 Å². The van der Waals surface area contributed by atoms with Gasteiger partial charge < -0.3 is 4.98 Å². The monoisotopic (exact) mass is 195 g/mol. The zero-order chi connectivity index (χ0) is 10.7. The van der Waals surface area contributed by atoms with Gasteiger partial charge in [0.1, 0.15) is 5.69 Å². The summed E-state index contributed by atoms with van der Waals surface area (Å²) >= 11 is 0. The molecule has 1 aromatic rings. The first kappa shape index (κ1) is 10.3. The molecule has 0 aliphatic rings. The molecule has 1 aromatic heterocycles. The van der Waals surface area contributed by atoms with Gasteiger partial charge in [0.25, 0.3) is 5.91 Å². The van der Waals surface area contributed by atoms with Crippen molar-refractivity contribution in [2.75, 3.05) is 0 Å². The van der Waals surface area contributed by atoms with Crippen molar-refractivity contribution in [3.63, 3.8) is 0 Å². The number of aryl methyl sites for hydroxylation is 2. The molecular formula is C9H13N3O2. The van der Waals surface area contributed by atoms with Crippen LogP contribution in [-0.4, -0.2) is 16.8 Å². The lowest BCUT2D eigenvalue weighted by atomic mass is 10.2. The van der Waals surface area contributed by atoms with Crippen LogP contribution in [0.15, 0.2) is 6.07 Å². The summed E-state index contributed by atoms with van der Waals surface area (Å²) in [7, 11) is 0. The maximum absolute atomic E-state index is 11.4. The molecule has 0 aliphatic heterocycles. The number of carbonyl (C=O) groups is 2. The number of rotatable bonds is 1. The number of hydrogen-bond acceptors (Lipinski definition) is 2. The van der Waals surface area contributed by atoms with Gasteiger partial charge >= 0.3 is 0 Å². The summed E-state index contributed by atoms with van der Waals surface area (Å²) in [5.74, 6) is -0.648. The maximum atomic E-state index is 11.4. The van der Waals surface area contributed by atoms with Crippen molar-refractivity contribution in [1.82, 2.24) is 15.8 Å². The molecule has 1 heterocycles. The van der Waals surface area contributed by atoms with E-state index >= 15 is 0 Å². The number of hydrogen-bond donors (Lipinski definition) is 3. The number of H-pyrrole nitrogens is 1. The van der Waals surface area contributed by atoms with Crippen LogP contribution < -0.4 is 10.9 Å². The van der Waals surface area contributed by atoms with E-state index in [1.807, 2.05) is 19.9 Å². The number of carbonyl (C=O) groups excluding carboxylic acids is 2. The van der Waals surface area contributed by atoms with E-state index in [0.717, 1.165) is 11.3 Å². The van der Waals surface area contributed by atoms with Crippen LogP contribution in [0, 0.1) is 13.8 Å². The molecule has 0 aliphatic carbocycles. The largest absolute Gasteiger partial charge is 0.354 e. The average Bonchev–Trinajstić information content (AvgIpc) is 2.41. The Morgan fingerprint density at radius 1 is 1.29 bits per heavy atom. The summed E-state index contributed by atoms with van der Waals surface area (Å²) in [4.78, 5) is 24.9. The number of aromatic nitrogens is 1. The quantitative estimate of drug-likeness (QED) is 0.568. The summed E-state index contributed by atoms with van der Waals surface area (Å²) in [6, 6.07) is 1.86. The first-order valence-electron chi connectivity index (χ1n) is 4.24. The molecule has 0 spiro atoms. The van der Waals surface area contributed by atoms with Gasteiger partial charge in [-0.2, -0.15) is 0 Å². The molecule has 14 heavy (non-hydrogen) atoms. The van der Waals surface area contributed by atoms with Crippen LogP contribution in [0.5, 0.6) is 0 Å². The Labute approximate surface area is 81.9 Å². The minimum absolute atomic E-state index is 0.306. The van der Waals surface area contributed by atoms with Crippen LogP contribution in [-0.2, 0) is 4.79 Å². The molecule has 0 unspecified atom stereocenters. The number of nitrogens with one attached hydrogen (secondary N) is 3. The standard InChI is InChI=1S/C9H13N3O2/c1-5-4-6(2)10-8(5)9(14)12-11-7(3)13/h4,10H,1-3H3,(H,11,13)(H,12,14). The minimum Gasteiger partial charge on any atom is -0.354 e. The number of amides is 2. The first-order chi connectivity index (χ1) is 6.50. The summed E-state index contributed by atoms with van der Waals surface area (Å²) < 4.78 is 0. The zero-order valence-electron chi connectivity index (χ0n) is 8.39. The van der Waals surface area contributed by atoms with E-state index in [-0.39, 0.29) is 11.8 Å². The van der Waals surface area contributed by atoms with Crippen molar-refractivity contribution in [1.29, 1.82) is 0 Å². The van der Waals surface area contributed by atoms with Crippen molar-refractivity contribution in [2.24, 2.45) is 0 Å². The molecule has 0 atom stereocenters. The molecule has 5 heteroatoms. The average molecular weight is 195 g/mol. The van der Waals surface area contributed by atoms with Crippen molar-refractivity contribution in [3.05, 3.63) is 23.0 Å². The molecule has 0 radical (unpaired) electrons. The zero-order valence-corrected chi connectivity index (χ0v) is 8.39. The van der Waals surface area contributed by atoms with E-state index in [1.54, 1.807) is 0 Å². The predicted molar refractivity (Wildman–Crippen MR) is 51.5 cm³/mol. The van der Waals surface area contributed by atoms with Crippen LogP contribution in [0.3, 0.4) is 0 Å². The number of hydrazine groups is 1. The van der Waals surface area contributed by atoms with Crippen molar-refractivity contribution in [2.45, 2.75) is 20.8 Å². The lowest BCUT2D eigenvalue weighted by molar-refractivity contribution is -0.119. The summed E-state index contributed by atoms with van der Waals surface area (Å²) in [5.41, 5.74) is 6.74. The lowest BCUT2D eigenvalue weighted by Crippen LogP contribution is -2.40. The van der Waals surface area contributed by atoms with Gasteiger partial charge in [0.2, 0.25) is 5.91 Å². The molecule has 0 bridgehead atoms. The second-order valence-electron chi connectivity index (χ2n) is 3.15. The van der Waals surface area contributed by atoms with E-state index < -0.39 is 0 Å². The molecule has 0 saturated heterocycles. The van der Waals surface area contributed by atoms with Crippen LogP contribution in [0.2, 0.25) is 0 Å². The first-order valence-corrected chi connectivity index (χ1v) is 4.24. The Hall–Kier alpha value is -1.78. The van der Waals surface area contributed by atoms with Gasteiger partial charge in [0, 0.05) is 12.6 Å². The summed E-state index contributed by atoms with van der Waals surface area (Å²) in [6.45, 7) is 5.02. The molecule has 5 nitrogen and oxygen atoms in total. The van der Waals surface area contributed by atoms with Gasteiger partial charge in [-0.15, -0.1) is 0 Å². The SMILES string of the molecule is CC(=O)NNC(=O)c1[nH]c(C)cc1C. The fourth-order valence-corrected chi connectivity index (χ4v) is 1.17. The van der Waals surface area contributed by atoms with E-state index in [9.17, 15) is 9.59 Å². The van der Waals surface area contributed by atoms with E-state index in [0.29, 0.717) is 5.69 Å². The van der Waals surface area contributed by atoms with E-state index in [1.165, 1.54) is 6.92 Å². The molecule has 2 amide bonds. The highest BCUT2D eigenvalue weighted by atomic mass is 16.2. The molecule has 76 valence electrons. The summed E-state index contributed by atoms with van der Waals surface area (Å²) in [5, 5.41) is 0.